The summed E-state index contributed by atoms with van der Waals surface area (Å²) < 4.78 is 0. The molecule has 0 saturated carbocycles. The third-order valence-electron chi connectivity index (χ3n) is 1.74. The summed E-state index contributed by atoms with van der Waals surface area (Å²) in [6.45, 7) is 0. The van der Waals surface area contributed by atoms with Crippen molar-refractivity contribution < 1.29 is 9.90 Å². The number of carbonyl (C=O) groups excluding carboxylic acids is 1. The number of aryl methyl sites for hydroxylation is 1. The molecule has 0 amide bonds. The smallest absolute Gasteiger partial charge is 0.0994 e. The van der Waals surface area contributed by atoms with Crippen molar-refractivity contribution in [3.05, 3.63) is 35.4 Å². The van der Waals surface area contributed by atoms with Crippen LogP contribution in [0.4, 0.5) is 0 Å². The largest absolute Gasteiger partial charge is 0.550 e. The minimum Gasteiger partial charge on any atom is -0.550 e. The summed E-state index contributed by atoms with van der Waals surface area (Å²) in [7, 11) is 0. The van der Waals surface area contributed by atoms with Crippen molar-refractivity contribution in [2.45, 2.75) is 12.8 Å². The molecule has 0 fully saturated rings. The van der Waals surface area contributed by atoms with Crippen LogP contribution in [0.5, 0.6) is 0 Å². The Morgan fingerprint density at radius 3 is 2.77 bits per heavy atom. The van der Waals surface area contributed by atoms with Crippen LogP contribution in [-0.4, -0.2) is 5.97 Å². The van der Waals surface area contributed by atoms with E-state index in [0.717, 1.165) is 5.56 Å². The van der Waals surface area contributed by atoms with E-state index in [1.807, 2.05) is 6.07 Å². The van der Waals surface area contributed by atoms with Crippen molar-refractivity contribution in [2.75, 3.05) is 0 Å². The van der Waals surface area contributed by atoms with E-state index < -0.39 is 5.97 Å². The zero-order valence-corrected chi connectivity index (χ0v) is 6.99. The summed E-state index contributed by atoms with van der Waals surface area (Å²) in [6.07, 6.45) is 0.310. The van der Waals surface area contributed by atoms with Crippen LogP contribution in [0.2, 0.25) is 0 Å². The lowest BCUT2D eigenvalue weighted by atomic mass is 10.0. The van der Waals surface area contributed by atoms with Gasteiger partial charge in [-0.25, -0.2) is 0 Å². The molecule has 3 heteroatoms. The Kier molecular flexibility index (Phi) is 3.04. The maximum Gasteiger partial charge on any atom is 0.0994 e. The third kappa shape index (κ3) is 2.60. The van der Waals surface area contributed by atoms with Gasteiger partial charge in [-0.3, -0.25) is 0 Å². The number of benzene rings is 1. The lowest BCUT2D eigenvalue weighted by Gasteiger charge is -2.03. The highest BCUT2D eigenvalue weighted by Crippen LogP contribution is 2.09. The molecule has 0 bridgehead atoms. The molecule has 0 spiro atoms. The highest BCUT2D eigenvalue weighted by molar-refractivity contribution is 5.64. The second-order valence-corrected chi connectivity index (χ2v) is 2.64. The first-order chi connectivity index (χ1) is 6.24. The van der Waals surface area contributed by atoms with E-state index in [1.54, 1.807) is 24.3 Å². The topological polar surface area (TPSA) is 63.9 Å². The highest BCUT2D eigenvalue weighted by Gasteiger charge is 1.99. The fourth-order valence-corrected chi connectivity index (χ4v) is 1.08. The fraction of sp³-hybridized carbons (Fsp3) is 0.200. The van der Waals surface area contributed by atoms with Gasteiger partial charge in [0.05, 0.1) is 11.6 Å². The summed E-state index contributed by atoms with van der Waals surface area (Å²) in [6, 6.07) is 8.96. The molecule has 1 aromatic rings. The fourth-order valence-electron chi connectivity index (χ4n) is 1.08. The number of hydrogen-bond acceptors (Lipinski definition) is 3. The molecule has 0 saturated heterocycles. The van der Waals surface area contributed by atoms with Crippen LogP contribution in [-0.2, 0) is 11.2 Å². The molecule has 0 aliphatic carbocycles. The maximum atomic E-state index is 10.2. The maximum absolute atomic E-state index is 10.2. The van der Waals surface area contributed by atoms with Gasteiger partial charge in [0.1, 0.15) is 0 Å². The normalized spacial score (nSPS) is 9.15. The molecule has 13 heavy (non-hydrogen) atoms. The Balaban J connectivity index is 2.77. The zero-order chi connectivity index (χ0) is 9.68. The molecule has 0 N–H and O–H groups in total. The van der Waals surface area contributed by atoms with Gasteiger partial charge in [-0.1, -0.05) is 18.2 Å². The Labute approximate surface area is 76.2 Å². The van der Waals surface area contributed by atoms with Gasteiger partial charge < -0.3 is 9.90 Å². The molecule has 3 nitrogen and oxygen atoms in total. The van der Waals surface area contributed by atoms with Gasteiger partial charge in [-0.05, 0) is 24.5 Å². The first kappa shape index (κ1) is 9.27. The SMILES string of the molecule is N#Cc1ccccc1CCC(=O)[O-]. The number of carboxylic acid groups (broad SMARTS) is 1. The number of aliphatic carboxylic acids is 1. The van der Waals surface area contributed by atoms with Gasteiger partial charge in [0.15, 0.2) is 0 Å². The molecular formula is C10H8NO2-. The quantitative estimate of drug-likeness (QED) is 0.659. The molecule has 66 valence electrons. The van der Waals surface area contributed by atoms with Crippen LogP contribution in [0.25, 0.3) is 0 Å². The van der Waals surface area contributed by atoms with E-state index in [-0.39, 0.29) is 6.42 Å². The summed E-state index contributed by atoms with van der Waals surface area (Å²) in [5, 5.41) is 18.8. The van der Waals surface area contributed by atoms with Crippen LogP contribution in [0.3, 0.4) is 0 Å². The Morgan fingerprint density at radius 1 is 1.46 bits per heavy atom. The summed E-state index contributed by atoms with van der Waals surface area (Å²) >= 11 is 0. The number of hydrogen-bond donors (Lipinski definition) is 0. The van der Waals surface area contributed by atoms with Crippen molar-refractivity contribution in [1.29, 1.82) is 5.26 Å². The van der Waals surface area contributed by atoms with Gasteiger partial charge in [0.25, 0.3) is 0 Å². The highest BCUT2D eigenvalue weighted by atomic mass is 16.4. The van der Waals surface area contributed by atoms with E-state index in [1.165, 1.54) is 0 Å². The number of nitriles is 1. The number of carboxylic acids is 1. The Morgan fingerprint density at radius 2 is 2.15 bits per heavy atom. The number of nitrogens with zero attached hydrogens (tertiary/aromatic N) is 1. The summed E-state index contributed by atoms with van der Waals surface area (Å²) in [5.41, 5.74) is 1.29. The monoisotopic (exact) mass is 174 g/mol. The minimum absolute atomic E-state index is 0.0430. The first-order valence-corrected chi connectivity index (χ1v) is 3.92. The Hall–Kier alpha value is -1.82. The molecule has 0 aliphatic heterocycles. The van der Waals surface area contributed by atoms with Gasteiger partial charge in [-0.2, -0.15) is 5.26 Å². The predicted molar refractivity (Wildman–Crippen MR) is 44.5 cm³/mol. The first-order valence-electron chi connectivity index (χ1n) is 3.92. The van der Waals surface area contributed by atoms with Gasteiger partial charge in [-0.15, -0.1) is 0 Å². The average Bonchev–Trinajstić information content (AvgIpc) is 2.15. The number of rotatable bonds is 3. The Bertz CT molecular complexity index is 352. The third-order valence-corrected chi connectivity index (χ3v) is 1.74. The summed E-state index contributed by atoms with van der Waals surface area (Å²) in [5.74, 6) is -1.09. The molecule has 0 unspecified atom stereocenters. The lowest BCUT2D eigenvalue weighted by Crippen LogP contribution is -2.22. The van der Waals surface area contributed by atoms with E-state index in [9.17, 15) is 9.90 Å². The van der Waals surface area contributed by atoms with Crippen LogP contribution in [0, 0.1) is 11.3 Å². The lowest BCUT2D eigenvalue weighted by molar-refractivity contribution is -0.305. The minimum atomic E-state index is -1.09. The molecular weight excluding hydrogens is 166 g/mol. The van der Waals surface area contributed by atoms with Crippen LogP contribution in [0.1, 0.15) is 17.5 Å². The molecule has 0 aliphatic rings. The number of carbonyl (C=O) groups is 1. The average molecular weight is 174 g/mol. The van der Waals surface area contributed by atoms with E-state index >= 15 is 0 Å². The molecule has 0 atom stereocenters. The standard InChI is InChI=1S/C10H9NO2/c11-7-9-4-2-1-3-8(9)5-6-10(12)13/h1-4H,5-6H2,(H,12,13)/p-1. The van der Waals surface area contributed by atoms with Crippen molar-refractivity contribution in [3.63, 3.8) is 0 Å². The van der Waals surface area contributed by atoms with Crippen molar-refractivity contribution in [1.82, 2.24) is 0 Å². The van der Waals surface area contributed by atoms with Crippen LogP contribution < -0.4 is 5.11 Å². The second-order valence-electron chi connectivity index (χ2n) is 2.64. The van der Waals surface area contributed by atoms with Gasteiger partial charge in [0.2, 0.25) is 0 Å². The van der Waals surface area contributed by atoms with Gasteiger partial charge >= 0.3 is 0 Å². The van der Waals surface area contributed by atoms with Crippen LogP contribution in [0.15, 0.2) is 24.3 Å². The summed E-state index contributed by atoms with van der Waals surface area (Å²) in [4.78, 5) is 10.2. The van der Waals surface area contributed by atoms with E-state index in [0.29, 0.717) is 12.0 Å². The molecule has 0 heterocycles. The molecule has 0 aromatic heterocycles. The predicted octanol–water partition coefficient (Wildman–Crippen LogP) is 0.241. The van der Waals surface area contributed by atoms with Crippen molar-refractivity contribution >= 4 is 5.97 Å². The van der Waals surface area contributed by atoms with Crippen molar-refractivity contribution in [3.8, 4) is 6.07 Å². The molecule has 1 aromatic carbocycles. The van der Waals surface area contributed by atoms with Gasteiger partial charge in [0, 0.05) is 5.97 Å². The molecule has 0 radical (unpaired) electrons. The molecule has 1 rings (SSSR count). The van der Waals surface area contributed by atoms with Crippen LogP contribution >= 0.6 is 0 Å². The van der Waals surface area contributed by atoms with E-state index in [4.69, 9.17) is 5.26 Å². The zero-order valence-electron chi connectivity index (χ0n) is 6.99. The van der Waals surface area contributed by atoms with E-state index in [2.05, 4.69) is 0 Å². The second kappa shape index (κ2) is 4.27. The van der Waals surface area contributed by atoms with Crippen molar-refractivity contribution in [2.24, 2.45) is 0 Å².